The Hall–Kier alpha value is -2.28. The fraction of sp³-hybridized carbons (Fsp3) is 0.478. The number of benzene rings is 1. The van der Waals surface area contributed by atoms with Crippen LogP contribution in [0, 0.1) is 0 Å². The van der Waals surface area contributed by atoms with Crippen molar-refractivity contribution in [2.24, 2.45) is 0 Å². The van der Waals surface area contributed by atoms with E-state index in [2.05, 4.69) is 10.3 Å². The first-order valence-electron chi connectivity index (χ1n) is 10.6. The Kier molecular flexibility index (Phi) is 7.81. The molecule has 31 heavy (non-hydrogen) atoms. The predicted molar refractivity (Wildman–Crippen MR) is 116 cm³/mol. The van der Waals surface area contributed by atoms with Gasteiger partial charge in [0.1, 0.15) is 11.9 Å². The topological polar surface area (TPSA) is 45.2 Å². The van der Waals surface area contributed by atoms with E-state index in [9.17, 15) is 18.0 Å². The molecule has 2 aromatic rings. The maximum absolute atomic E-state index is 13.1. The van der Waals surface area contributed by atoms with E-state index >= 15 is 0 Å². The minimum Gasteiger partial charge on any atom is -0.352 e. The van der Waals surface area contributed by atoms with Crippen LogP contribution in [0.1, 0.15) is 56.6 Å². The van der Waals surface area contributed by atoms with Gasteiger partial charge in [-0.3, -0.25) is 4.79 Å². The molecule has 1 heterocycles. The van der Waals surface area contributed by atoms with E-state index in [4.69, 9.17) is 11.6 Å². The Labute approximate surface area is 185 Å². The largest absolute Gasteiger partial charge is 0.417 e. The maximum atomic E-state index is 13.1. The fourth-order valence-electron chi connectivity index (χ4n) is 3.95. The summed E-state index contributed by atoms with van der Waals surface area (Å²) < 4.78 is 39.0. The maximum Gasteiger partial charge on any atom is 0.417 e. The summed E-state index contributed by atoms with van der Waals surface area (Å²) in [4.78, 5) is 19.0. The van der Waals surface area contributed by atoms with E-state index in [1.165, 1.54) is 12.5 Å². The number of alkyl halides is 3. The lowest BCUT2D eigenvalue weighted by Crippen LogP contribution is -2.50. The molecule has 0 spiro atoms. The van der Waals surface area contributed by atoms with Gasteiger partial charge in [-0.1, -0.05) is 49.9 Å². The van der Waals surface area contributed by atoms with Crippen molar-refractivity contribution in [2.75, 3.05) is 4.90 Å². The zero-order valence-corrected chi connectivity index (χ0v) is 18.2. The average molecular weight is 454 g/mol. The van der Waals surface area contributed by atoms with Crippen LogP contribution in [0.3, 0.4) is 0 Å². The number of hydrogen-bond acceptors (Lipinski definition) is 3. The van der Waals surface area contributed by atoms with Crippen LogP contribution in [-0.4, -0.2) is 23.0 Å². The summed E-state index contributed by atoms with van der Waals surface area (Å²) in [7, 11) is 0. The van der Waals surface area contributed by atoms with Crippen molar-refractivity contribution in [3.63, 3.8) is 0 Å². The Balaban J connectivity index is 1.87. The molecule has 1 saturated carbocycles. The number of rotatable bonds is 7. The van der Waals surface area contributed by atoms with Crippen molar-refractivity contribution in [3.05, 3.63) is 58.7 Å². The molecular formula is C23H27ClF3N3O. The van der Waals surface area contributed by atoms with Gasteiger partial charge in [-0.2, -0.15) is 13.2 Å². The van der Waals surface area contributed by atoms with Crippen molar-refractivity contribution in [2.45, 2.75) is 70.3 Å². The molecule has 4 nitrogen and oxygen atoms in total. The zero-order chi connectivity index (χ0) is 22.4. The van der Waals surface area contributed by atoms with E-state index in [0.29, 0.717) is 23.8 Å². The molecule has 1 fully saturated rings. The van der Waals surface area contributed by atoms with Crippen LogP contribution in [0.4, 0.5) is 19.0 Å². The third-order valence-electron chi connectivity index (χ3n) is 5.65. The molecule has 168 valence electrons. The quantitative estimate of drug-likeness (QED) is 0.560. The number of hydrogen-bond donors (Lipinski definition) is 1. The molecule has 1 atom stereocenters. The first kappa shape index (κ1) is 23.4. The van der Waals surface area contributed by atoms with Gasteiger partial charge in [0.25, 0.3) is 0 Å². The predicted octanol–water partition coefficient (Wildman–Crippen LogP) is 5.99. The van der Waals surface area contributed by atoms with Crippen molar-refractivity contribution in [1.29, 1.82) is 0 Å². The van der Waals surface area contributed by atoms with Crippen LogP contribution in [0.15, 0.2) is 42.6 Å². The first-order valence-corrected chi connectivity index (χ1v) is 11.0. The van der Waals surface area contributed by atoms with Crippen molar-refractivity contribution in [3.8, 4) is 0 Å². The zero-order valence-electron chi connectivity index (χ0n) is 17.5. The number of nitrogens with one attached hydrogen (secondary N) is 1. The van der Waals surface area contributed by atoms with Crippen LogP contribution >= 0.6 is 11.6 Å². The molecule has 8 heteroatoms. The fourth-order valence-corrected chi connectivity index (χ4v) is 4.08. The van der Waals surface area contributed by atoms with E-state index in [1.807, 2.05) is 19.1 Å². The Morgan fingerprint density at radius 2 is 1.84 bits per heavy atom. The number of pyridine rings is 1. The van der Waals surface area contributed by atoms with Gasteiger partial charge in [-0.05, 0) is 49.1 Å². The van der Waals surface area contributed by atoms with Gasteiger partial charge < -0.3 is 10.2 Å². The highest BCUT2D eigenvalue weighted by Gasteiger charge is 2.32. The van der Waals surface area contributed by atoms with Gasteiger partial charge >= 0.3 is 6.18 Å². The summed E-state index contributed by atoms with van der Waals surface area (Å²) in [6, 6.07) is 9.10. The molecule has 0 saturated heterocycles. The Morgan fingerprint density at radius 3 is 2.39 bits per heavy atom. The highest BCUT2D eigenvalue weighted by molar-refractivity contribution is 6.30. The van der Waals surface area contributed by atoms with Gasteiger partial charge in [0.2, 0.25) is 5.91 Å². The number of nitrogens with zero attached hydrogens (tertiary/aromatic N) is 2. The molecule has 1 aromatic heterocycles. The lowest BCUT2D eigenvalue weighted by molar-refractivity contribution is -0.137. The molecule has 0 radical (unpaired) electrons. The van der Waals surface area contributed by atoms with Crippen LogP contribution in [-0.2, 0) is 17.5 Å². The highest BCUT2D eigenvalue weighted by atomic mass is 35.5. The lowest BCUT2D eigenvalue weighted by atomic mass is 9.95. The second-order valence-corrected chi connectivity index (χ2v) is 8.36. The number of aromatic nitrogens is 1. The molecule has 3 rings (SSSR count). The molecule has 1 N–H and O–H groups in total. The molecule has 0 bridgehead atoms. The van der Waals surface area contributed by atoms with Crippen molar-refractivity contribution >= 4 is 23.3 Å². The lowest BCUT2D eigenvalue weighted by Gasteiger charge is -2.33. The second-order valence-electron chi connectivity index (χ2n) is 7.92. The minimum absolute atomic E-state index is 0.120. The van der Waals surface area contributed by atoms with Crippen LogP contribution in [0.5, 0.6) is 0 Å². The number of halogens is 4. The number of amides is 1. The SMILES string of the molecule is CC[C@H](C(=O)NC1CCCCC1)N(Cc1ccc(Cl)cc1)c1ccc(C(F)(F)F)cn1. The third-order valence-corrected chi connectivity index (χ3v) is 5.90. The van der Waals surface area contributed by atoms with Crippen molar-refractivity contribution in [1.82, 2.24) is 10.3 Å². The van der Waals surface area contributed by atoms with Gasteiger partial charge in [-0.15, -0.1) is 0 Å². The molecule has 0 unspecified atom stereocenters. The average Bonchev–Trinajstić information content (AvgIpc) is 2.75. The summed E-state index contributed by atoms with van der Waals surface area (Å²) in [5, 5.41) is 3.73. The first-order chi connectivity index (χ1) is 14.8. The van der Waals surface area contributed by atoms with Crippen LogP contribution < -0.4 is 10.2 Å². The molecular weight excluding hydrogens is 427 g/mol. The molecule has 1 amide bonds. The van der Waals surface area contributed by atoms with E-state index in [-0.39, 0.29) is 11.9 Å². The normalized spacial score (nSPS) is 16.0. The summed E-state index contributed by atoms with van der Waals surface area (Å²) in [6.45, 7) is 2.22. The van der Waals surface area contributed by atoms with Crippen molar-refractivity contribution < 1.29 is 18.0 Å². The van der Waals surface area contributed by atoms with Crippen LogP contribution in [0.25, 0.3) is 0 Å². The summed E-state index contributed by atoms with van der Waals surface area (Å²) in [6.07, 6.45) is 2.13. The molecule has 1 aliphatic rings. The third kappa shape index (κ3) is 6.35. The second kappa shape index (κ2) is 10.4. The minimum atomic E-state index is -4.46. The summed E-state index contributed by atoms with van der Waals surface area (Å²) in [5.74, 6) is 0.207. The van der Waals surface area contributed by atoms with E-state index in [1.54, 1.807) is 17.0 Å². The summed E-state index contributed by atoms with van der Waals surface area (Å²) >= 11 is 5.98. The van der Waals surface area contributed by atoms with Gasteiger partial charge in [0, 0.05) is 23.8 Å². The highest BCUT2D eigenvalue weighted by Crippen LogP contribution is 2.30. The number of carbonyl (C=O) groups excluding carboxylic acids is 1. The van der Waals surface area contributed by atoms with E-state index < -0.39 is 17.8 Å². The van der Waals surface area contributed by atoms with E-state index in [0.717, 1.165) is 43.5 Å². The monoisotopic (exact) mass is 453 g/mol. The smallest absolute Gasteiger partial charge is 0.352 e. The summed E-state index contributed by atoms with van der Waals surface area (Å²) in [5.41, 5.74) is 0.0670. The Bertz CT molecular complexity index is 850. The number of carbonyl (C=O) groups is 1. The molecule has 1 aromatic carbocycles. The molecule has 0 aliphatic heterocycles. The van der Waals surface area contributed by atoms with Gasteiger partial charge in [0.05, 0.1) is 5.56 Å². The van der Waals surface area contributed by atoms with Gasteiger partial charge in [-0.25, -0.2) is 4.98 Å². The van der Waals surface area contributed by atoms with Gasteiger partial charge in [0.15, 0.2) is 0 Å². The van der Waals surface area contributed by atoms with Crippen LogP contribution in [0.2, 0.25) is 5.02 Å². The standard InChI is InChI=1S/C23H27ClF3N3O/c1-2-20(22(31)29-19-6-4-3-5-7-19)30(15-16-8-11-18(24)12-9-16)21-13-10-17(14-28-21)23(25,26)27/h8-14,19-20H,2-7,15H2,1H3,(H,29,31)/t20-/m1/s1. The number of anilines is 1. The molecule has 1 aliphatic carbocycles. The Morgan fingerprint density at radius 1 is 1.16 bits per heavy atom.